The van der Waals surface area contributed by atoms with E-state index >= 15 is 0 Å². The first-order chi connectivity index (χ1) is 6.84. The molecule has 1 heterocycles. The summed E-state index contributed by atoms with van der Waals surface area (Å²) in [5.74, 6) is 1.44. The van der Waals surface area contributed by atoms with E-state index in [-0.39, 0.29) is 0 Å². The molecule has 2 rings (SSSR count). The number of rotatable bonds is 2. The summed E-state index contributed by atoms with van der Waals surface area (Å²) in [5, 5.41) is 0. The second-order valence-corrected chi connectivity index (χ2v) is 3.09. The van der Waals surface area contributed by atoms with Crippen molar-refractivity contribution < 1.29 is 4.74 Å². The summed E-state index contributed by atoms with van der Waals surface area (Å²) in [5.41, 5.74) is 1.13. The van der Waals surface area contributed by atoms with E-state index < -0.39 is 0 Å². The van der Waals surface area contributed by atoms with E-state index in [1.807, 2.05) is 50.3 Å². The van der Waals surface area contributed by atoms with E-state index in [4.69, 9.17) is 4.74 Å². The minimum Gasteiger partial charge on any atom is -0.439 e. The van der Waals surface area contributed by atoms with Crippen LogP contribution < -0.4 is 10.2 Å². The van der Waals surface area contributed by atoms with Crippen LogP contribution in [0.3, 0.4) is 0 Å². The number of para-hydroxylation sites is 1. The molecule has 0 fully saturated rings. The lowest BCUT2D eigenvalue weighted by molar-refractivity contribution is 0.463. The maximum Gasteiger partial charge on any atom is 0.219 e. The lowest BCUT2D eigenvalue weighted by atomic mass is 9.99. The van der Waals surface area contributed by atoms with Gasteiger partial charge in [0.2, 0.25) is 5.88 Å². The Morgan fingerprint density at radius 2 is 1.79 bits per heavy atom. The first-order valence-electron chi connectivity index (χ1n) is 4.50. The highest BCUT2D eigenvalue weighted by atomic mass is 16.5. The quantitative estimate of drug-likeness (QED) is 0.651. The molecule has 0 N–H and O–H groups in total. The van der Waals surface area contributed by atoms with Crippen LogP contribution in [0.25, 0.3) is 0 Å². The average molecular weight is 183 g/mol. The molecule has 0 aliphatic rings. The molecule has 2 nitrogen and oxygen atoms in total. The van der Waals surface area contributed by atoms with Crippen LogP contribution in [0, 0.1) is 0 Å². The molecule has 1 aromatic heterocycles. The maximum atomic E-state index is 5.52. The molecule has 68 valence electrons. The molecule has 0 bridgehead atoms. The third-order valence-electron chi connectivity index (χ3n) is 1.85. The van der Waals surface area contributed by atoms with Gasteiger partial charge in [0, 0.05) is 12.3 Å². The number of hydrogen-bond donors (Lipinski definition) is 0. The summed E-state index contributed by atoms with van der Waals surface area (Å²) in [7, 11) is 2.00. The molecule has 0 unspecified atom stereocenters. The predicted octanol–water partition coefficient (Wildman–Crippen LogP) is 1.13. The number of aromatic nitrogens is 1. The first-order valence-corrected chi connectivity index (χ1v) is 4.50. The Morgan fingerprint density at radius 1 is 1.00 bits per heavy atom. The summed E-state index contributed by atoms with van der Waals surface area (Å²) in [6.45, 7) is 0. The van der Waals surface area contributed by atoms with Crippen molar-refractivity contribution in [3.63, 3.8) is 0 Å². The zero-order chi connectivity index (χ0) is 9.80. The van der Waals surface area contributed by atoms with Gasteiger partial charge in [-0.25, -0.2) is 4.98 Å². The van der Waals surface area contributed by atoms with Crippen LogP contribution in [-0.2, 0) is 0 Å². The summed E-state index contributed by atoms with van der Waals surface area (Å²) in [6, 6.07) is 13.5. The molecule has 0 radical (unpaired) electrons. The number of hydrogen-bond acceptors (Lipinski definition) is 2. The van der Waals surface area contributed by atoms with Crippen molar-refractivity contribution in [1.29, 1.82) is 0 Å². The van der Waals surface area contributed by atoms with Crippen molar-refractivity contribution >= 4 is 13.3 Å². The van der Waals surface area contributed by atoms with Gasteiger partial charge in [-0.05, 0) is 12.1 Å². The van der Waals surface area contributed by atoms with Crippen molar-refractivity contribution in [1.82, 2.24) is 4.98 Å². The number of ether oxygens (including phenoxy) is 1. The topological polar surface area (TPSA) is 22.1 Å². The molecule has 2 aromatic rings. The van der Waals surface area contributed by atoms with Gasteiger partial charge in [-0.3, -0.25) is 0 Å². The molecule has 0 aliphatic heterocycles. The van der Waals surface area contributed by atoms with Crippen molar-refractivity contribution in [3.8, 4) is 11.6 Å². The van der Waals surface area contributed by atoms with E-state index in [9.17, 15) is 0 Å². The Labute approximate surface area is 84.0 Å². The Morgan fingerprint density at radius 3 is 2.43 bits per heavy atom. The van der Waals surface area contributed by atoms with E-state index in [0.717, 1.165) is 11.2 Å². The second kappa shape index (κ2) is 3.96. The first kappa shape index (κ1) is 8.82. The Hall–Kier alpha value is -1.77. The van der Waals surface area contributed by atoms with Gasteiger partial charge < -0.3 is 4.74 Å². The SMILES string of the molecule is Bc1ccc(Oc2ccccc2)nc1. The molecule has 3 heteroatoms. The minimum atomic E-state index is 0.627. The molecule has 14 heavy (non-hydrogen) atoms. The normalized spacial score (nSPS) is 9.71. The standard InChI is InChI=1S/C11H10BNO/c12-9-6-7-11(13-8-9)14-10-4-2-1-3-5-10/h1-8H,12H2. The zero-order valence-corrected chi connectivity index (χ0v) is 7.97. The monoisotopic (exact) mass is 183 g/mol. The van der Waals surface area contributed by atoms with E-state index in [2.05, 4.69) is 4.98 Å². The Balaban J connectivity index is 2.16. The molecule has 0 saturated heterocycles. The smallest absolute Gasteiger partial charge is 0.219 e. The Bertz CT molecular complexity index is 399. The third-order valence-corrected chi connectivity index (χ3v) is 1.85. The van der Waals surface area contributed by atoms with Crippen LogP contribution in [0.4, 0.5) is 0 Å². The molecule has 0 aliphatic carbocycles. The predicted molar refractivity (Wildman–Crippen MR) is 58.9 cm³/mol. The van der Waals surface area contributed by atoms with Crippen molar-refractivity contribution in [3.05, 3.63) is 48.7 Å². The number of benzene rings is 1. The van der Waals surface area contributed by atoms with E-state index in [1.165, 1.54) is 0 Å². The summed E-state index contributed by atoms with van der Waals surface area (Å²) in [4.78, 5) is 4.15. The van der Waals surface area contributed by atoms with Gasteiger partial charge >= 0.3 is 0 Å². The van der Waals surface area contributed by atoms with Gasteiger partial charge in [-0.1, -0.05) is 29.7 Å². The zero-order valence-electron chi connectivity index (χ0n) is 7.97. The highest BCUT2D eigenvalue weighted by Gasteiger charge is 1.95. The van der Waals surface area contributed by atoms with E-state index in [1.54, 1.807) is 6.20 Å². The van der Waals surface area contributed by atoms with Crippen LogP contribution in [0.15, 0.2) is 48.7 Å². The molecule has 1 aromatic carbocycles. The Kier molecular flexibility index (Phi) is 2.50. The van der Waals surface area contributed by atoms with Gasteiger partial charge in [-0.15, -0.1) is 0 Å². The van der Waals surface area contributed by atoms with Crippen molar-refractivity contribution in [2.24, 2.45) is 0 Å². The molecular weight excluding hydrogens is 173 g/mol. The summed E-state index contributed by atoms with van der Waals surface area (Å²) in [6.07, 6.45) is 1.79. The fourth-order valence-electron chi connectivity index (χ4n) is 1.12. The average Bonchev–Trinajstić information content (AvgIpc) is 2.23. The molecule has 0 amide bonds. The molecule has 0 atom stereocenters. The van der Waals surface area contributed by atoms with E-state index in [0.29, 0.717) is 5.88 Å². The molecular formula is C11H10BNO. The third kappa shape index (κ3) is 2.13. The fraction of sp³-hybridized carbons (Fsp3) is 0. The van der Waals surface area contributed by atoms with Gasteiger partial charge in [0.05, 0.1) is 0 Å². The largest absolute Gasteiger partial charge is 0.439 e. The number of nitrogens with zero attached hydrogens (tertiary/aromatic N) is 1. The van der Waals surface area contributed by atoms with Gasteiger partial charge in [0.1, 0.15) is 13.6 Å². The van der Waals surface area contributed by atoms with Crippen LogP contribution in [0.2, 0.25) is 0 Å². The lowest BCUT2D eigenvalue weighted by Gasteiger charge is -2.03. The molecule has 0 saturated carbocycles. The summed E-state index contributed by atoms with van der Waals surface area (Å²) >= 11 is 0. The van der Waals surface area contributed by atoms with Gasteiger partial charge in [-0.2, -0.15) is 0 Å². The van der Waals surface area contributed by atoms with Gasteiger partial charge in [0.25, 0.3) is 0 Å². The lowest BCUT2D eigenvalue weighted by Crippen LogP contribution is -2.02. The van der Waals surface area contributed by atoms with Crippen molar-refractivity contribution in [2.45, 2.75) is 0 Å². The van der Waals surface area contributed by atoms with Crippen LogP contribution in [-0.4, -0.2) is 12.8 Å². The minimum absolute atomic E-state index is 0.627. The summed E-state index contributed by atoms with van der Waals surface area (Å²) < 4.78 is 5.52. The highest BCUT2D eigenvalue weighted by Crippen LogP contribution is 2.16. The van der Waals surface area contributed by atoms with Crippen LogP contribution >= 0.6 is 0 Å². The highest BCUT2D eigenvalue weighted by molar-refractivity contribution is 6.32. The molecule has 0 spiro atoms. The fourth-order valence-corrected chi connectivity index (χ4v) is 1.12. The van der Waals surface area contributed by atoms with Crippen LogP contribution in [0.1, 0.15) is 0 Å². The maximum absolute atomic E-state index is 5.52. The van der Waals surface area contributed by atoms with Gasteiger partial charge in [0.15, 0.2) is 0 Å². The second-order valence-electron chi connectivity index (χ2n) is 3.09. The van der Waals surface area contributed by atoms with Crippen LogP contribution in [0.5, 0.6) is 11.6 Å². The van der Waals surface area contributed by atoms with Crippen molar-refractivity contribution in [2.75, 3.05) is 0 Å². The number of pyridine rings is 1.